The lowest BCUT2D eigenvalue weighted by molar-refractivity contribution is 0.0456. The third-order valence-electron chi connectivity index (χ3n) is 1.90. The van der Waals surface area contributed by atoms with E-state index in [0.717, 1.165) is 0 Å². The Balaban J connectivity index is 2.41. The molecule has 0 aromatic carbocycles. The van der Waals surface area contributed by atoms with Crippen LogP contribution in [0.25, 0.3) is 0 Å². The van der Waals surface area contributed by atoms with Crippen molar-refractivity contribution in [2.75, 3.05) is 6.61 Å². The van der Waals surface area contributed by atoms with Crippen LogP contribution in [0.3, 0.4) is 0 Å². The summed E-state index contributed by atoms with van der Waals surface area (Å²) in [5.41, 5.74) is 0. The van der Waals surface area contributed by atoms with E-state index in [-0.39, 0.29) is 12.5 Å². The summed E-state index contributed by atoms with van der Waals surface area (Å²) >= 11 is 0. The zero-order valence-electron chi connectivity index (χ0n) is 5.13. The molecule has 0 radical (unpaired) electrons. The molecule has 3 unspecified atom stereocenters. The lowest BCUT2D eigenvalue weighted by Gasteiger charge is -2.10. The van der Waals surface area contributed by atoms with E-state index in [0.29, 0.717) is 12.8 Å². The number of hydrogen-bond acceptors (Lipinski definition) is 2. The van der Waals surface area contributed by atoms with Crippen LogP contribution in [0, 0.1) is 5.92 Å². The minimum Gasteiger partial charge on any atom is -0.396 e. The summed E-state index contributed by atoms with van der Waals surface area (Å²) in [6, 6.07) is 0. The van der Waals surface area contributed by atoms with Crippen molar-refractivity contribution in [1.29, 1.82) is 0 Å². The van der Waals surface area contributed by atoms with Crippen molar-refractivity contribution in [3.05, 3.63) is 0 Å². The highest BCUT2D eigenvalue weighted by Gasteiger charge is 2.33. The molecular weight excluding hydrogens is 123 g/mol. The number of aliphatic hydroxyl groups is 2. The van der Waals surface area contributed by atoms with Gasteiger partial charge in [-0.15, -0.1) is 0 Å². The Hall–Kier alpha value is -0.150. The van der Waals surface area contributed by atoms with E-state index in [1.54, 1.807) is 0 Å². The van der Waals surface area contributed by atoms with Gasteiger partial charge >= 0.3 is 0 Å². The van der Waals surface area contributed by atoms with Crippen LogP contribution in [-0.2, 0) is 0 Å². The van der Waals surface area contributed by atoms with Crippen LogP contribution in [0.1, 0.15) is 12.8 Å². The molecule has 0 aromatic rings. The van der Waals surface area contributed by atoms with E-state index >= 15 is 0 Å². The van der Waals surface area contributed by atoms with Gasteiger partial charge in [0.15, 0.2) is 0 Å². The number of rotatable bonds is 1. The van der Waals surface area contributed by atoms with Crippen molar-refractivity contribution in [3.63, 3.8) is 0 Å². The first-order chi connectivity index (χ1) is 4.25. The molecule has 0 bridgehead atoms. The van der Waals surface area contributed by atoms with Gasteiger partial charge in [-0.1, -0.05) is 0 Å². The molecule has 1 saturated carbocycles. The Bertz CT molecular complexity index is 97.1. The normalized spacial score (nSPS) is 43.7. The summed E-state index contributed by atoms with van der Waals surface area (Å²) in [6.45, 7) is -0.0956. The lowest BCUT2D eigenvalue weighted by atomic mass is 10.1. The van der Waals surface area contributed by atoms with Crippen LogP contribution in [0.5, 0.6) is 0 Å². The lowest BCUT2D eigenvalue weighted by Crippen LogP contribution is -2.23. The van der Waals surface area contributed by atoms with Gasteiger partial charge in [-0.2, -0.15) is 0 Å². The van der Waals surface area contributed by atoms with Gasteiger partial charge in [0.1, 0.15) is 6.17 Å². The fourth-order valence-corrected chi connectivity index (χ4v) is 1.21. The predicted molar refractivity (Wildman–Crippen MR) is 30.7 cm³/mol. The number of halogens is 1. The molecule has 0 aliphatic heterocycles. The zero-order chi connectivity index (χ0) is 6.85. The van der Waals surface area contributed by atoms with Gasteiger partial charge in [-0.05, 0) is 12.8 Å². The molecule has 54 valence electrons. The SMILES string of the molecule is OCC1CCC(F)C1O. The molecule has 3 heteroatoms. The fraction of sp³-hybridized carbons (Fsp3) is 1.00. The first-order valence-electron chi connectivity index (χ1n) is 3.18. The van der Waals surface area contributed by atoms with Gasteiger partial charge in [0, 0.05) is 12.5 Å². The fourth-order valence-electron chi connectivity index (χ4n) is 1.21. The van der Waals surface area contributed by atoms with Crippen molar-refractivity contribution in [2.24, 2.45) is 5.92 Å². The van der Waals surface area contributed by atoms with Crippen molar-refractivity contribution in [1.82, 2.24) is 0 Å². The van der Waals surface area contributed by atoms with Gasteiger partial charge in [-0.25, -0.2) is 4.39 Å². The van der Waals surface area contributed by atoms with E-state index in [9.17, 15) is 4.39 Å². The highest BCUT2D eigenvalue weighted by atomic mass is 19.1. The largest absolute Gasteiger partial charge is 0.396 e. The zero-order valence-corrected chi connectivity index (χ0v) is 5.13. The molecule has 2 nitrogen and oxygen atoms in total. The average molecular weight is 134 g/mol. The Kier molecular flexibility index (Phi) is 2.03. The maximum absolute atomic E-state index is 12.4. The molecule has 1 aliphatic rings. The number of aliphatic hydroxyl groups excluding tert-OH is 2. The van der Waals surface area contributed by atoms with E-state index in [1.165, 1.54) is 0 Å². The monoisotopic (exact) mass is 134 g/mol. The number of alkyl halides is 1. The Morgan fingerprint density at radius 3 is 2.33 bits per heavy atom. The minimum atomic E-state index is -1.11. The van der Waals surface area contributed by atoms with Gasteiger partial charge < -0.3 is 10.2 Å². The first kappa shape index (κ1) is 6.96. The van der Waals surface area contributed by atoms with Crippen LogP contribution >= 0.6 is 0 Å². The van der Waals surface area contributed by atoms with Crippen molar-refractivity contribution in [3.8, 4) is 0 Å². The molecule has 2 N–H and O–H groups in total. The average Bonchev–Trinajstić information content (AvgIpc) is 2.15. The topological polar surface area (TPSA) is 40.5 Å². The highest BCUT2D eigenvalue weighted by Crippen LogP contribution is 2.27. The van der Waals surface area contributed by atoms with Gasteiger partial charge in [0.2, 0.25) is 0 Å². The summed E-state index contributed by atoms with van der Waals surface area (Å²) in [5.74, 6) is -0.222. The van der Waals surface area contributed by atoms with Gasteiger partial charge in [0.25, 0.3) is 0 Å². The molecule has 1 aliphatic carbocycles. The van der Waals surface area contributed by atoms with E-state index in [2.05, 4.69) is 0 Å². The highest BCUT2D eigenvalue weighted by molar-refractivity contribution is 4.83. The maximum atomic E-state index is 12.4. The Morgan fingerprint density at radius 2 is 2.11 bits per heavy atom. The second-order valence-electron chi connectivity index (χ2n) is 2.53. The Morgan fingerprint density at radius 1 is 1.44 bits per heavy atom. The van der Waals surface area contributed by atoms with Crippen LogP contribution in [0.15, 0.2) is 0 Å². The molecule has 0 amide bonds. The minimum absolute atomic E-state index is 0.0956. The van der Waals surface area contributed by atoms with Gasteiger partial charge in [0.05, 0.1) is 6.10 Å². The predicted octanol–water partition coefficient (Wildman–Crippen LogP) is 0.0877. The second-order valence-corrected chi connectivity index (χ2v) is 2.53. The summed E-state index contributed by atoms with van der Waals surface area (Å²) in [7, 11) is 0. The molecule has 3 atom stereocenters. The third kappa shape index (κ3) is 1.22. The third-order valence-corrected chi connectivity index (χ3v) is 1.90. The molecule has 9 heavy (non-hydrogen) atoms. The molecular formula is C6H11FO2. The van der Waals surface area contributed by atoms with Crippen molar-refractivity contribution < 1.29 is 14.6 Å². The van der Waals surface area contributed by atoms with E-state index < -0.39 is 12.3 Å². The molecule has 0 spiro atoms. The molecule has 0 saturated heterocycles. The standard InChI is InChI=1S/C6H11FO2/c7-5-2-1-4(3-8)6(5)9/h4-6,8-9H,1-3H2. The van der Waals surface area contributed by atoms with Crippen LogP contribution < -0.4 is 0 Å². The molecule has 1 rings (SSSR count). The van der Waals surface area contributed by atoms with E-state index in [1.807, 2.05) is 0 Å². The smallest absolute Gasteiger partial charge is 0.126 e. The molecule has 0 heterocycles. The molecule has 1 fully saturated rings. The second kappa shape index (κ2) is 2.62. The van der Waals surface area contributed by atoms with Gasteiger partial charge in [-0.3, -0.25) is 0 Å². The Labute approximate surface area is 53.3 Å². The summed E-state index contributed by atoms with van der Waals surface area (Å²) < 4.78 is 12.4. The first-order valence-corrected chi connectivity index (χ1v) is 3.18. The summed E-state index contributed by atoms with van der Waals surface area (Å²) in [4.78, 5) is 0. The van der Waals surface area contributed by atoms with Crippen molar-refractivity contribution in [2.45, 2.75) is 25.1 Å². The summed E-state index contributed by atoms with van der Waals surface area (Å²) in [5, 5.41) is 17.5. The summed E-state index contributed by atoms with van der Waals surface area (Å²) in [6.07, 6.45) is -1.03. The molecule has 0 aromatic heterocycles. The van der Waals surface area contributed by atoms with Crippen LogP contribution in [-0.4, -0.2) is 29.1 Å². The van der Waals surface area contributed by atoms with E-state index in [4.69, 9.17) is 10.2 Å². The van der Waals surface area contributed by atoms with Crippen LogP contribution in [0.2, 0.25) is 0 Å². The van der Waals surface area contributed by atoms with Crippen molar-refractivity contribution >= 4 is 0 Å². The number of hydrogen-bond donors (Lipinski definition) is 2. The maximum Gasteiger partial charge on any atom is 0.126 e. The quantitative estimate of drug-likeness (QED) is 0.533. The van der Waals surface area contributed by atoms with Crippen LogP contribution in [0.4, 0.5) is 4.39 Å².